The van der Waals surface area contributed by atoms with Gasteiger partial charge in [0.25, 0.3) is 0 Å². The summed E-state index contributed by atoms with van der Waals surface area (Å²) in [4.78, 5) is 34.5. The monoisotopic (exact) mass is 403 g/mol. The van der Waals surface area contributed by atoms with Gasteiger partial charge in [0.05, 0.1) is 36.7 Å². The Hall–Kier alpha value is -2.99. The standard InChI is InChI=1S/C24H25N3O3/c1-16-6-5-7-17(12-16)13-27-15-24-10-9-19(30-24)20(21(24)23(27)29)22(28)26(2)14-18-8-3-4-11-25-18/h3-12,19-21H,13-15H2,1-2H3/t19-,20?,21?,24-/m1/s1. The van der Waals surface area contributed by atoms with Crippen molar-refractivity contribution in [3.63, 3.8) is 0 Å². The number of rotatable bonds is 5. The lowest BCUT2D eigenvalue weighted by Gasteiger charge is -2.27. The Morgan fingerprint density at radius 1 is 1.30 bits per heavy atom. The minimum atomic E-state index is -0.683. The van der Waals surface area contributed by atoms with Crippen LogP contribution < -0.4 is 0 Å². The predicted octanol–water partition coefficient (Wildman–Crippen LogP) is 2.33. The fourth-order valence-electron chi connectivity index (χ4n) is 5.09. The van der Waals surface area contributed by atoms with Crippen LogP contribution in [0.4, 0.5) is 0 Å². The molecule has 2 bridgehead atoms. The molecule has 4 heterocycles. The number of fused-ring (bicyclic) bond motifs is 1. The summed E-state index contributed by atoms with van der Waals surface area (Å²) >= 11 is 0. The van der Waals surface area contributed by atoms with Crippen LogP contribution in [0, 0.1) is 18.8 Å². The molecule has 2 unspecified atom stereocenters. The number of carbonyl (C=O) groups excluding carboxylic acids is 2. The lowest BCUT2D eigenvalue weighted by atomic mass is 9.76. The highest BCUT2D eigenvalue weighted by atomic mass is 16.5. The maximum Gasteiger partial charge on any atom is 0.230 e. The maximum absolute atomic E-state index is 13.4. The first-order valence-electron chi connectivity index (χ1n) is 10.3. The molecule has 5 rings (SSSR count). The molecule has 30 heavy (non-hydrogen) atoms. The summed E-state index contributed by atoms with van der Waals surface area (Å²) in [5, 5.41) is 0. The first-order chi connectivity index (χ1) is 14.5. The Labute approximate surface area is 176 Å². The van der Waals surface area contributed by atoms with Crippen LogP contribution in [0.1, 0.15) is 16.8 Å². The largest absolute Gasteiger partial charge is 0.360 e. The summed E-state index contributed by atoms with van der Waals surface area (Å²) in [6, 6.07) is 13.8. The summed E-state index contributed by atoms with van der Waals surface area (Å²) in [6.07, 6.45) is 5.34. The van der Waals surface area contributed by atoms with Crippen LogP contribution in [0.3, 0.4) is 0 Å². The second-order valence-electron chi connectivity index (χ2n) is 8.60. The fourth-order valence-corrected chi connectivity index (χ4v) is 5.09. The van der Waals surface area contributed by atoms with Crippen molar-refractivity contribution in [2.75, 3.05) is 13.6 Å². The predicted molar refractivity (Wildman–Crippen MR) is 111 cm³/mol. The summed E-state index contributed by atoms with van der Waals surface area (Å²) < 4.78 is 6.24. The highest BCUT2D eigenvalue weighted by molar-refractivity contribution is 5.93. The van der Waals surface area contributed by atoms with Crippen LogP contribution >= 0.6 is 0 Å². The molecule has 2 amide bonds. The molecule has 2 fully saturated rings. The molecule has 0 N–H and O–H groups in total. The number of pyridine rings is 1. The Morgan fingerprint density at radius 3 is 2.93 bits per heavy atom. The first kappa shape index (κ1) is 19.0. The molecule has 0 aliphatic carbocycles. The van der Waals surface area contributed by atoms with Crippen LogP contribution in [0.5, 0.6) is 0 Å². The van der Waals surface area contributed by atoms with Crippen molar-refractivity contribution >= 4 is 11.8 Å². The van der Waals surface area contributed by atoms with Crippen LogP contribution in [-0.4, -0.2) is 51.9 Å². The van der Waals surface area contributed by atoms with Crippen molar-refractivity contribution in [3.8, 4) is 0 Å². The summed E-state index contributed by atoms with van der Waals surface area (Å²) in [7, 11) is 1.77. The van der Waals surface area contributed by atoms with E-state index in [2.05, 4.69) is 11.1 Å². The highest BCUT2D eigenvalue weighted by Gasteiger charge is 2.67. The molecular weight excluding hydrogens is 378 g/mol. The molecular formula is C24H25N3O3. The van der Waals surface area contributed by atoms with Gasteiger partial charge in [0.15, 0.2) is 0 Å². The van der Waals surface area contributed by atoms with Crippen molar-refractivity contribution in [1.82, 2.24) is 14.8 Å². The average molecular weight is 403 g/mol. The van der Waals surface area contributed by atoms with E-state index in [-0.39, 0.29) is 17.9 Å². The number of ether oxygens (including phenoxy) is 1. The molecule has 2 aromatic rings. The topological polar surface area (TPSA) is 62.7 Å². The van der Waals surface area contributed by atoms with E-state index in [1.54, 1.807) is 18.1 Å². The third-order valence-electron chi connectivity index (χ3n) is 6.42. The molecule has 4 atom stereocenters. The molecule has 0 saturated carbocycles. The normalized spacial score (nSPS) is 28.8. The molecule has 1 spiro atoms. The van der Waals surface area contributed by atoms with Gasteiger partial charge in [-0.1, -0.05) is 48.0 Å². The van der Waals surface area contributed by atoms with E-state index >= 15 is 0 Å². The van der Waals surface area contributed by atoms with Gasteiger partial charge in [-0.15, -0.1) is 0 Å². The van der Waals surface area contributed by atoms with Crippen LogP contribution in [0.25, 0.3) is 0 Å². The number of aryl methyl sites for hydroxylation is 1. The van der Waals surface area contributed by atoms with Gasteiger partial charge in [-0.25, -0.2) is 0 Å². The number of likely N-dealkylation sites (tertiary alicyclic amines) is 1. The second kappa shape index (κ2) is 7.06. The van der Waals surface area contributed by atoms with Gasteiger partial charge >= 0.3 is 0 Å². The average Bonchev–Trinajstić information content (AvgIpc) is 3.37. The van der Waals surface area contributed by atoms with E-state index in [0.717, 1.165) is 11.3 Å². The number of nitrogens with zero attached hydrogens (tertiary/aromatic N) is 3. The van der Waals surface area contributed by atoms with E-state index in [1.807, 2.05) is 60.4 Å². The lowest BCUT2D eigenvalue weighted by molar-refractivity contribution is -0.142. The molecule has 1 aromatic heterocycles. The Morgan fingerprint density at radius 2 is 2.17 bits per heavy atom. The summed E-state index contributed by atoms with van der Waals surface area (Å²) in [6.45, 7) is 3.48. The van der Waals surface area contributed by atoms with Crippen molar-refractivity contribution in [1.29, 1.82) is 0 Å². The van der Waals surface area contributed by atoms with Gasteiger partial charge in [-0.3, -0.25) is 14.6 Å². The van der Waals surface area contributed by atoms with E-state index in [4.69, 9.17) is 4.74 Å². The van der Waals surface area contributed by atoms with Gasteiger partial charge < -0.3 is 14.5 Å². The number of amides is 2. The number of benzene rings is 1. The van der Waals surface area contributed by atoms with Crippen molar-refractivity contribution < 1.29 is 14.3 Å². The Bertz CT molecular complexity index is 1020. The van der Waals surface area contributed by atoms with Crippen molar-refractivity contribution in [2.45, 2.75) is 31.7 Å². The van der Waals surface area contributed by atoms with Gasteiger partial charge in [0, 0.05) is 19.8 Å². The molecule has 0 radical (unpaired) electrons. The van der Waals surface area contributed by atoms with Crippen molar-refractivity contribution in [3.05, 3.63) is 77.6 Å². The highest BCUT2D eigenvalue weighted by Crippen LogP contribution is 2.52. The Kier molecular flexibility index (Phi) is 4.47. The number of hydrogen-bond acceptors (Lipinski definition) is 4. The first-order valence-corrected chi connectivity index (χ1v) is 10.3. The molecule has 3 aliphatic heterocycles. The smallest absolute Gasteiger partial charge is 0.230 e. The van der Waals surface area contributed by atoms with Gasteiger partial charge in [0.1, 0.15) is 5.60 Å². The van der Waals surface area contributed by atoms with Gasteiger partial charge in [-0.2, -0.15) is 0 Å². The van der Waals surface area contributed by atoms with E-state index < -0.39 is 17.4 Å². The van der Waals surface area contributed by atoms with Gasteiger partial charge in [-0.05, 0) is 24.6 Å². The zero-order valence-corrected chi connectivity index (χ0v) is 17.2. The molecule has 154 valence electrons. The quantitative estimate of drug-likeness (QED) is 0.719. The maximum atomic E-state index is 13.4. The molecule has 1 aromatic carbocycles. The lowest BCUT2D eigenvalue weighted by Crippen LogP contribution is -2.44. The SMILES string of the molecule is Cc1cccc(CN2C[C@@]34C=C[C@@H](O3)C(C(=O)N(C)Cc3ccccn3)C4C2=O)c1. The van der Waals surface area contributed by atoms with E-state index in [1.165, 1.54) is 5.56 Å². The fraction of sp³-hybridized carbons (Fsp3) is 0.375. The number of aromatic nitrogens is 1. The Balaban J connectivity index is 1.36. The second-order valence-corrected chi connectivity index (χ2v) is 8.60. The van der Waals surface area contributed by atoms with Gasteiger partial charge in [0.2, 0.25) is 11.8 Å². The zero-order chi connectivity index (χ0) is 20.9. The summed E-state index contributed by atoms with van der Waals surface area (Å²) in [5.74, 6) is -1.00. The third-order valence-corrected chi connectivity index (χ3v) is 6.42. The molecule has 2 saturated heterocycles. The van der Waals surface area contributed by atoms with Crippen LogP contribution in [0.15, 0.2) is 60.8 Å². The molecule has 6 heteroatoms. The van der Waals surface area contributed by atoms with Crippen molar-refractivity contribution in [2.24, 2.45) is 11.8 Å². The molecule has 3 aliphatic rings. The number of carbonyl (C=O) groups is 2. The van der Waals surface area contributed by atoms with Crippen LogP contribution in [-0.2, 0) is 27.4 Å². The summed E-state index contributed by atoms with van der Waals surface area (Å²) in [5.41, 5.74) is 2.39. The van der Waals surface area contributed by atoms with Crippen LogP contribution in [0.2, 0.25) is 0 Å². The van der Waals surface area contributed by atoms with E-state index in [0.29, 0.717) is 19.6 Å². The third kappa shape index (κ3) is 3.03. The van der Waals surface area contributed by atoms with E-state index in [9.17, 15) is 9.59 Å². The number of hydrogen-bond donors (Lipinski definition) is 0. The molecule has 6 nitrogen and oxygen atoms in total. The minimum Gasteiger partial charge on any atom is -0.360 e. The minimum absolute atomic E-state index is 0.00735. The zero-order valence-electron chi connectivity index (χ0n) is 17.2.